The maximum absolute atomic E-state index is 11.9. The van der Waals surface area contributed by atoms with Gasteiger partial charge < -0.3 is 20.5 Å². The van der Waals surface area contributed by atoms with E-state index in [2.05, 4.69) is 10.6 Å². The standard InChI is InChI=1S/C14H20N2O4/c1-14(2,3)20-13(19)16-11(12(18)15-4)9-5-7-10(17)8-6-9/h5-8,11,17H,1-4H3,(H,15,18)(H,16,19)/t11-/m0/s1. The van der Waals surface area contributed by atoms with Crippen LogP contribution in [0.4, 0.5) is 4.79 Å². The minimum Gasteiger partial charge on any atom is -0.508 e. The van der Waals surface area contributed by atoms with Gasteiger partial charge in [-0.05, 0) is 38.5 Å². The lowest BCUT2D eigenvalue weighted by Crippen LogP contribution is -2.41. The zero-order valence-corrected chi connectivity index (χ0v) is 12.1. The summed E-state index contributed by atoms with van der Waals surface area (Å²) in [6, 6.07) is 5.14. The van der Waals surface area contributed by atoms with E-state index in [4.69, 9.17) is 4.74 Å². The van der Waals surface area contributed by atoms with Gasteiger partial charge in [-0.15, -0.1) is 0 Å². The maximum Gasteiger partial charge on any atom is 0.408 e. The first-order chi connectivity index (χ1) is 9.23. The van der Waals surface area contributed by atoms with Gasteiger partial charge in [0.05, 0.1) is 0 Å². The van der Waals surface area contributed by atoms with E-state index in [1.165, 1.54) is 19.2 Å². The number of phenolic OH excluding ortho intramolecular Hbond substituents is 1. The molecule has 1 aromatic rings. The van der Waals surface area contributed by atoms with Gasteiger partial charge in [-0.2, -0.15) is 0 Å². The molecule has 0 spiro atoms. The van der Waals surface area contributed by atoms with E-state index in [1.54, 1.807) is 32.9 Å². The zero-order valence-electron chi connectivity index (χ0n) is 12.1. The number of carbonyl (C=O) groups excluding carboxylic acids is 2. The van der Waals surface area contributed by atoms with E-state index in [-0.39, 0.29) is 11.7 Å². The number of nitrogens with one attached hydrogen (secondary N) is 2. The molecule has 20 heavy (non-hydrogen) atoms. The van der Waals surface area contributed by atoms with Crippen LogP contribution in [0.1, 0.15) is 32.4 Å². The fourth-order valence-electron chi connectivity index (χ4n) is 1.54. The second kappa shape index (κ2) is 6.27. The number of carbonyl (C=O) groups is 2. The minimum atomic E-state index is -0.879. The summed E-state index contributed by atoms with van der Waals surface area (Å²) in [7, 11) is 1.48. The highest BCUT2D eigenvalue weighted by atomic mass is 16.6. The highest BCUT2D eigenvalue weighted by Gasteiger charge is 2.25. The van der Waals surface area contributed by atoms with E-state index in [9.17, 15) is 14.7 Å². The van der Waals surface area contributed by atoms with Gasteiger partial charge in [0.15, 0.2) is 0 Å². The summed E-state index contributed by atoms with van der Waals surface area (Å²) in [6.07, 6.45) is -0.681. The number of benzene rings is 1. The van der Waals surface area contributed by atoms with Crippen molar-refractivity contribution < 1.29 is 19.4 Å². The third-order valence-electron chi connectivity index (χ3n) is 2.40. The second-order valence-electron chi connectivity index (χ2n) is 5.29. The number of hydrogen-bond acceptors (Lipinski definition) is 4. The number of amides is 2. The molecule has 0 radical (unpaired) electrons. The number of phenols is 1. The van der Waals surface area contributed by atoms with Crippen LogP contribution in [0.25, 0.3) is 0 Å². The molecule has 1 aromatic carbocycles. The Balaban J connectivity index is 2.88. The number of hydrogen-bond donors (Lipinski definition) is 3. The molecule has 2 amide bonds. The highest BCUT2D eigenvalue weighted by molar-refractivity contribution is 5.86. The van der Waals surface area contributed by atoms with Gasteiger partial charge in [0.1, 0.15) is 17.4 Å². The van der Waals surface area contributed by atoms with E-state index >= 15 is 0 Å². The molecule has 0 fully saturated rings. The van der Waals surface area contributed by atoms with Gasteiger partial charge in [0, 0.05) is 7.05 Å². The van der Waals surface area contributed by atoms with E-state index in [0.717, 1.165) is 0 Å². The van der Waals surface area contributed by atoms with Crippen LogP contribution in [0.15, 0.2) is 24.3 Å². The Morgan fingerprint density at radius 1 is 1.20 bits per heavy atom. The number of ether oxygens (including phenoxy) is 1. The fourth-order valence-corrected chi connectivity index (χ4v) is 1.54. The van der Waals surface area contributed by atoms with Crippen molar-refractivity contribution in [3.05, 3.63) is 29.8 Å². The van der Waals surface area contributed by atoms with Crippen LogP contribution in [-0.2, 0) is 9.53 Å². The summed E-state index contributed by atoms with van der Waals surface area (Å²) in [5.41, 5.74) is -0.0975. The molecule has 0 aromatic heterocycles. The third kappa shape index (κ3) is 4.79. The lowest BCUT2D eigenvalue weighted by molar-refractivity contribution is -0.122. The van der Waals surface area contributed by atoms with Crippen molar-refractivity contribution in [1.29, 1.82) is 0 Å². The van der Waals surface area contributed by atoms with Crippen LogP contribution in [0, 0.1) is 0 Å². The maximum atomic E-state index is 11.9. The smallest absolute Gasteiger partial charge is 0.408 e. The molecule has 0 saturated heterocycles. The van der Waals surface area contributed by atoms with Crippen molar-refractivity contribution in [3.63, 3.8) is 0 Å². The molecule has 0 bridgehead atoms. The van der Waals surface area contributed by atoms with E-state index in [0.29, 0.717) is 5.56 Å². The topological polar surface area (TPSA) is 87.7 Å². The molecule has 0 aliphatic heterocycles. The van der Waals surface area contributed by atoms with Gasteiger partial charge in [-0.1, -0.05) is 12.1 Å². The summed E-state index contributed by atoms with van der Waals surface area (Å²) in [6.45, 7) is 5.21. The summed E-state index contributed by atoms with van der Waals surface area (Å²) < 4.78 is 5.13. The van der Waals surface area contributed by atoms with Crippen molar-refractivity contribution in [2.24, 2.45) is 0 Å². The predicted molar refractivity (Wildman–Crippen MR) is 74.3 cm³/mol. The van der Waals surface area contributed by atoms with Crippen LogP contribution in [0.2, 0.25) is 0 Å². The van der Waals surface area contributed by atoms with Crippen LogP contribution in [0.3, 0.4) is 0 Å². The van der Waals surface area contributed by atoms with Gasteiger partial charge in [-0.3, -0.25) is 4.79 Å². The van der Waals surface area contributed by atoms with Crippen LogP contribution >= 0.6 is 0 Å². The number of alkyl carbamates (subject to hydrolysis) is 1. The lowest BCUT2D eigenvalue weighted by Gasteiger charge is -2.23. The van der Waals surface area contributed by atoms with Crippen LogP contribution in [-0.4, -0.2) is 29.8 Å². The Labute approximate surface area is 118 Å². The number of likely N-dealkylation sites (N-methyl/N-ethyl adjacent to an activating group) is 1. The Bertz CT molecular complexity index is 477. The van der Waals surface area contributed by atoms with E-state index < -0.39 is 17.7 Å². The van der Waals surface area contributed by atoms with Gasteiger partial charge in [-0.25, -0.2) is 4.79 Å². The third-order valence-corrected chi connectivity index (χ3v) is 2.40. The molecular formula is C14H20N2O4. The molecule has 6 heteroatoms. The summed E-state index contributed by atoms with van der Waals surface area (Å²) in [5, 5.41) is 14.2. The average Bonchev–Trinajstić information content (AvgIpc) is 2.34. The Morgan fingerprint density at radius 3 is 2.20 bits per heavy atom. The Hall–Kier alpha value is -2.24. The second-order valence-corrected chi connectivity index (χ2v) is 5.29. The predicted octanol–water partition coefficient (Wildman–Crippen LogP) is 1.70. The highest BCUT2D eigenvalue weighted by Crippen LogP contribution is 2.18. The molecule has 1 rings (SSSR count). The van der Waals surface area contributed by atoms with Gasteiger partial charge in [0.2, 0.25) is 5.91 Å². The molecule has 0 heterocycles. The van der Waals surface area contributed by atoms with Crippen molar-refractivity contribution in [2.45, 2.75) is 32.4 Å². The monoisotopic (exact) mass is 280 g/mol. The molecule has 3 N–H and O–H groups in total. The van der Waals surface area contributed by atoms with Crippen molar-refractivity contribution in [2.75, 3.05) is 7.05 Å². The lowest BCUT2D eigenvalue weighted by atomic mass is 10.1. The van der Waals surface area contributed by atoms with Crippen molar-refractivity contribution in [1.82, 2.24) is 10.6 Å². The SMILES string of the molecule is CNC(=O)[C@@H](NC(=O)OC(C)(C)C)c1ccc(O)cc1. The van der Waals surface area contributed by atoms with Crippen molar-refractivity contribution >= 4 is 12.0 Å². The first kappa shape index (κ1) is 15.8. The number of rotatable bonds is 3. The fraction of sp³-hybridized carbons (Fsp3) is 0.429. The largest absolute Gasteiger partial charge is 0.508 e. The average molecular weight is 280 g/mol. The molecule has 110 valence electrons. The Morgan fingerprint density at radius 2 is 1.75 bits per heavy atom. The van der Waals surface area contributed by atoms with Crippen LogP contribution in [0.5, 0.6) is 5.75 Å². The molecule has 1 atom stereocenters. The summed E-state index contributed by atoms with van der Waals surface area (Å²) >= 11 is 0. The normalized spacial score (nSPS) is 12.4. The molecule has 6 nitrogen and oxygen atoms in total. The quantitative estimate of drug-likeness (QED) is 0.786. The summed E-state index contributed by atoms with van der Waals surface area (Å²) in [5.74, 6) is -0.289. The minimum absolute atomic E-state index is 0.0849. The zero-order chi connectivity index (χ0) is 15.3. The summed E-state index contributed by atoms with van der Waals surface area (Å²) in [4.78, 5) is 23.6. The van der Waals surface area contributed by atoms with Gasteiger partial charge >= 0.3 is 6.09 Å². The molecule has 0 unspecified atom stereocenters. The Kier molecular flexibility index (Phi) is 4.96. The van der Waals surface area contributed by atoms with Crippen LogP contribution < -0.4 is 10.6 Å². The molecule has 0 aliphatic rings. The van der Waals surface area contributed by atoms with Gasteiger partial charge in [0.25, 0.3) is 0 Å². The molecule has 0 aliphatic carbocycles. The molecule has 0 saturated carbocycles. The molecular weight excluding hydrogens is 260 g/mol. The van der Waals surface area contributed by atoms with Crippen molar-refractivity contribution in [3.8, 4) is 5.75 Å². The first-order valence-electron chi connectivity index (χ1n) is 6.23. The van der Waals surface area contributed by atoms with E-state index in [1.807, 2.05) is 0 Å². The first-order valence-corrected chi connectivity index (χ1v) is 6.23. The number of aromatic hydroxyl groups is 1.